The van der Waals surface area contributed by atoms with Crippen molar-refractivity contribution in [3.05, 3.63) is 41.8 Å². The largest absolute Gasteiger partial charge is 0.279 e. The molecule has 142 valence electrons. The van der Waals surface area contributed by atoms with Crippen LogP contribution in [0.3, 0.4) is 0 Å². The first-order chi connectivity index (χ1) is 12.2. The van der Waals surface area contributed by atoms with Crippen molar-refractivity contribution in [3.8, 4) is 0 Å². The smallest absolute Gasteiger partial charge is 0.271 e. The Kier molecular flexibility index (Phi) is 5.43. The molecule has 0 saturated carbocycles. The molecule has 1 aliphatic heterocycles. The maximum Gasteiger partial charge on any atom is 0.271 e. The lowest BCUT2D eigenvalue weighted by molar-refractivity contribution is 0.204. The minimum Gasteiger partial charge on any atom is -0.279 e. The summed E-state index contributed by atoms with van der Waals surface area (Å²) in [5.41, 5.74) is 0.331. The first-order valence-electron chi connectivity index (χ1n) is 8.42. The van der Waals surface area contributed by atoms with E-state index in [1.165, 1.54) is 30.3 Å². The topological polar surface area (TPSA) is 83.6 Å². The molecular weight excluding hydrogens is 392 g/mol. The molecule has 0 radical (unpaired) electrons. The second-order valence-electron chi connectivity index (χ2n) is 6.53. The molecular formula is C17H22N2O4S3. The number of rotatable bonds is 5. The van der Waals surface area contributed by atoms with Crippen LogP contribution in [0.1, 0.15) is 33.1 Å². The molecule has 0 spiro atoms. The van der Waals surface area contributed by atoms with Crippen LogP contribution in [0.5, 0.6) is 0 Å². The van der Waals surface area contributed by atoms with Crippen molar-refractivity contribution in [2.75, 3.05) is 4.72 Å². The first kappa shape index (κ1) is 19.3. The SMILES string of the molecule is C[C@@H]1CCC[C@@H](C)N1S(=O)(=O)c1ccc(NS(=O)(=O)c2cccs2)cc1. The van der Waals surface area contributed by atoms with Gasteiger partial charge in [0, 0.05) is 17.8 Å². The van der Waals surface area contributed by atoms with Gasteiger partial charge in [0.2, 0.25) is 10.0 Å². The summed E-state index contributed by atoms with van der Waals surface area (Å²) in [7, 11) is -7.25. The van der Waals surface area contributed by atoms with Gasteiger partial charge >= 0.3 is 0 Å². The van der Waals surface area contributed by atoms with Crippen LogP contribution in [0.15, 0.2) is 50.9 Å². The Morgan fingerprint density at radius 1 is 1.00 bits per heavy atom. The average molecular weight is 415 g/mol. The van der Waals surface area contributed by atoms with Gasteiger partial charge in [0.05, 0.1) is 4.90 Å². The molecule has 0 unspecified atom stereocenters. The third-order valence-electron chi connectivity index (χ3n) is 4.55. The van der Waals surface area contributed by atoms with Gasteiger partial charge in [-0.3, -0.25) is 4.72 Å². The quantitative estimate of drug-likeness (QED) is 0.812. The van der Waals surface area contributed by atoms with Crippen molar-refractivity contribution in [2.45, 2.75) is 54.3 Å². The number of hydrogen-bond acceptors (Lipinski definition) is 5. The van der Waals surface area contributed by atoms with Gasteiger partial charge in [0.1, 0.15) is 4.21 Å². The molecule has 2 aromatic rings. The van der Waals surface area contributed by atoms with E-state index in [1.54, 1.807) is 15.8 Å². The molecule has 2 atom stereocenters. The van der Waals surface area contributed by atoms with Gasteiger partial charge in [0.25, 0.3) is 10.0 Å². The van der Waals surface area contributed by atoms with Gasteiger partial charge in [-0.1, -0.05) is 12.5 Å². The summed E-state index contributed by atoms with van der Waals surface area (Å²) in [6, 6.07) is 8.97. The minimum absolute atomic E-state index is 0.0410. The number of anilines is 1. The number of nitrogens with one attached hydrogen (secondary N) is 1. The zero-order valence-corrected chi connectivity index (χ0v) is 17.1. The molecule has 1 saturated heterocycles. The summed E-state index contributed by atoms with van der Waals surface area (Å²) in [4.78, 5) is 0.178. The van der Waals surface area contributed by atoms with Gasteiger partial charge in [0.15, 0.2) is 0 Å². The fourth-order valence-electron chi connectivity index (χ4n) is 3.31. The summed E-state index contributed by atoms with van der Waals surface area (Å²) in [5, 5.41) is 1.69. The normalized spacial score (nSPS) is 22.2. The Hall–Kier alpha value is -1.42. The lowest BCUT2D eigenvalue weighted by atomic mass is 10.0. The minimum atomic E-state index is -3.65. The summed E-state index contributed by atoms with van der Waals surface area (Å²) in [5.74, 6) is 0. The highest BCUT2D eigenvalue weighted by Crippen LogP contribution is 2.30. The van der Waals surface area contributed by atoms with Crippen LogP contribution in [-0.2, 0) is 20.0 Å². The van der Waals surface area contributed by atoms with Crippen molar-refractivity contribution in [1.29, 1.82) is 0 Å². The van der Waals surface area contributed by atoms with Gasteiger partial charge < -0.3 is 0 Å². The lowest BCUT2D eigenvalue weighted by Crippen LogP contribution is -2.47. The Balaban J connectivity index is 1.83. The highest BCUT2D eigenvalue weighted by Gasteiger charge is 2.35. The van der Waals surface area contributed by atoms with Crippen molar-refractivity contribution in [2.24, 2.45) is 0 Å². The predicted octanol–water partition coefficient (Wildman–Crippen LogP) is 3.50. The second-order valence-corrected chi connectivity index (χ2v) is 11.2. The summed E-state index contributed by atoms with van der Waals surface area (Å²) >= 11 is 1.12. The monoisotopic (exact) mass is 414 g/mol. The number of hydrogen-bond donors (Lipinski definition) is 1. The van der Waals surface area contributed by atoms with E-state index in [9.17, 15) is 16.8 Å². The molecule has 1 aliphatic rings. The number of benzene rings is 1. The number of nitrogens with zero attached hydrogens (tertiary/aromatic N) is 1. The van der Waals surface area contributed by atoms with E-state index < -0.39 is 20.0 Å². The first-order valence-corrected chi connectivity index (χ1v) is 12.2. The fraction of sp³-hybridized carbons (Fsp3) is 0.412. The van der Waals surface area contributed by atoms with Crippen LogP contribution in [0, 0.1) is 0 Å². The molecule has 6 nitrogen and oxygen atoms in total. The van der Waals surface area contributed by atoms with E-state index in [1.807, 2.05) is 13.8 Å². The van der Waals surface area contributed by atoms with Crippen molar-refractivity contribution < 1.29 is 16.8 Å². The van der Waals surface area contributed by atoms with Gasteiger partial charge in [-0.2, -0.15) is 4.31 Å². The van der Waals surface area contributed by atoms with E-state index >= 15 is 0 Å². The third-order valence-corrected chi connectivity index (χ3v) is 9.48. The molecule has 26 heavy (non-hydrogen) atoms. The number of sulfonamides is 2. The highest BCUT2D eigenvalue weighted by atomic mass is 32.2. The highest BCUT2D eigenvalue weighted by molar-refractivity contribution is 7.94. The van der Waals surface area contributed by atoms with Crippen LogP contribution >= 0.6 is 11.3 Å². The maximum atomic E-state index is 13.0. The Bertz CT molecular complexity index is 942. The van der Waals surface area contributed by atoms with E-state index in [-0.39, 0.29) is 21.2 Å². The van der Waals surface area contributed by atoms with Gasteiger partial charge in [-0.15, -0.1) is 11.3 Å². The maximum absolute atomic E-state index is 13.0. The third kappa shape index (κ3) is 3.80. The van der Waals surface area contributed by atoms with Crippen LogP contribution in [0.2, 0.25) is 0 Å². The van der Waals surface area contributed by atoms with E-state index in [4.69, 9.17) is 0 Å². The second kappa shape index (κ2) is 7.30. The van der Waals surface area contributed by atoms with Crippen LogP contribution in [0.25, 0.3) is 0 Å². The van der Waals surface area contributed by atoms with Crippen molar-refractivity contribution >= 4 is 37.1 Å². The number of piperidine rings is 1. The molecule has 9 heteroatoms. The molecule has 2 heterocycles. The van der Waals surface area contributed by atoms with E-state index in [0.29, 0.717) is 5.69 Å². The van der Waals surface area contributed by atoms with Crippen molar-refractivity contribution in [1.82, 2.24) is 4.31 Å². The fourth-order valence-corrected chi connectivity index (χ4v) is 7.24. The standard InChI is InChI=1S/C17H22N2O4S3/c1-13-5-3-6-14(2)19(13)26(22,23)16-10-8-15(9-11-16)18-25(20,21)17-7-4-12-24-17/h4,7-14,18H,3,5-6H2,1-2H3/t13-,14-/m1/s1. The van der Waals surface area contributed by atoms with Gasteiger partial charge in [-0.05, 0) is 62.4 Å². The summed E-state index contributed by atoms with van der Waals surface area (Å²) in [6.07, 6.45) is 2.72. The molecule has 3 rings (SSSR count). The summed E-state index contributed by atoms with van der Waals surface area (Å²) in [6.45, 7) is 3.85. The zero-order chi connectivity index (χ0) is 18.9. The molecule has 0 amide bonds. The molecule has 0 aliphatic carbocycles. The molecule has 1 fully saturated rings. The average Bonchev–Trinajstić information content (AvgIpc) is 3.10. The Labute approximate surface area is 159 Å². The Morgan fingerprint density at radius 3 is 2.15 bits per heavy atom. The van der Waals surface area contributed by atoms with Crippen LogP contribution in [-0.4, -0.2) is 33.2 Å². The Morgan fingerprint density at radius 2 is 1.62 bits per heavy atom. The van der Waals surface area contributed by atoms with Crippen LogP contribution in [0.4, 0.5) is 5.69 Å². The van der Waals surface area contributed by atoms with Gasteiger partial charge in [-0.25, -0.2) is 16.8 Å². The molecule has 1 N–H and O–H groups in total. The van der Waals surface area contributed by atoms with E-state index in [2.05, 4.69) is 4.72 Å². The number of thiophene rings is 1. The van der Waals surface area contributed by atoms with Crippen LogP contribution < -0.4 is 4.72 Å². The molecule has 0 bridgehead atoms. The lowest BCUT2D eigenvalue weighted by Gasteiger charge is -2.37. The van der Waals surface area contributed by atoms with Crippen molar-refractivity contribution in [3.63, 3.8) is 0 Å². The van der Waals surface area contributed by atoms with E-state index in [0.717, 1.165) is 30.6 Å². The predicted molar refractivity (Wildman–Crippen MR) is 103 cm³/mol. The molecule has 1 aromatic heterocycles. The molecule has 1 aromatic carbocycles. The summed E-state index contributed by atoms with van der Waals surface area (Å²) < 4.78 is 54.7. The zero-order valence-electron chi connectivity index (χ0n) is 14.6.